The van der Waals surface area contributed by atoms with E-state index in [1.165, 1.54) is 13.0 Å². The number of nitrogens with one attached hydrogen (secondary N) is 1. The maximum absolute atomic E-state index is 13.7. The lowest BCUT2D eigenvalue weighted by molar-refractivity contribution is -0.150. The van der Waals surface area contributed by atoms with Crippen molar-refractivity contribution in [2.75, 3.05) is 4.90 Å². The number of carbonyl (C=O) groups is 2. The number of ether oxygens (including phenoxy) is 1. The summed E-state index contributed by atoms with van der Waals surface area (Å²) in [5.41, 5.74) is -0.149. The second-order valence-electron chi connectivity index (χ2n) is 9.59. The van der Waals surface area contributed by atoms with Gasteiger partial charge in [-0.25, -0.2) is 18.6 Å². The minimum absolute atomic E-state index is 0.00375. The lowest BCUT2D eigenvalue weighted by atomic mass is 9.97. The summed E-state index contributed by atoms with van der Waals surface area (Å²) >= 11 is 0. The van der Waals surface area contributed by atoms with Crippen molar-refractivity contribution in [3.05, 3.63) is 35.4 Å². The highest BCUT2D eigenvalue weighted by atomic mass is 32.2. The van der Waals surface area contributed by atoms with E-state index in [1.807, 2.05) is 0 Å². The Morgan fingerprint density at radius 1 is 1.12 bits per heavy atom. The van der Waals surface area contributed by atoms with Gasteiger partial charge in [0.25, 0.3) is 5.91 Å². The van der Waals surface area contributed by atoms with Gasteiger partial charge in [-0.3, -0.25) is 4.79 Å². The van der Waals surface area contributed by atoms with Crippen LogP contribution in [0.4, 0.5) is 23.7 Å². The van der Waals surface area contributed by atoms with Gasteiger partial charge in [0.05, 0.1) is 21.4 Å². The standard InChI is InChI=1S/C22H29F3N2O4S/c1-13(12-16(22(23,24)25)26-32(30)21(5,6)7)17-14-10-8-9-11-15(14)27(18(17)28)19(29)31-20(2,3)4/h8-11,16,26H,12H2,1-7H3/b17-13-/t16-,32?/m0/s1. The topological polar surface area (TPSA) is 75.7 Å². The number of benzene rings is 1. The second-order valence-corrected chi connectivity index (χ2v) is 11.6. The van der Waals surface area contributed by atoms with Gasteiger partial charge in [-0.1, -0.05) is 23.8 Å². The molecule has 1 unspecified atom stereocenters. The van der Waals surface area contributed by atoms with E-state index in [0.29, 0.717) is 5.56 Å². The van der Waals surface area contributed by atoms with E-state index in [9.17, 15) is 27.0 Å². The third-order valence-corrected chi connectivity index (χ3v) is 6.16. The van der Waals surface area contributed by atoms with Gasteiger partial charge in [0.2, 0.25) is 0 Å². The number of amides is 2. The van der Waals surface area contributed by atoms with Crippen LogP contribution in [-0.2, 0) is 20.5 Å². The van der Waals surface area contributed by atoms with E-state index < -0.39 is 52.0 Å². The molecule has 0 saturated heterocycles. The molecule has 0 radical (unpaired) electrons. The van der Waals surface area contributed by atoms with Crippen LogP contribution in [0.25, 0.3) is 5.57 Å². The molecule has 1 N–H and O–H groups in total. The molecule has 178 valence electrons. The highest BCUT2D eigenvalue weighted by Gasteiger charge is 2.44. The first-order chi connectivity index (χ1) is 14.4. The number of rotatable bonds is 4. The summed E-state index contributed by atoms with van der Waals surface area (Å²) in [5.74, 6) is -0.754. The zero-order valence-electron chi connectivity index (χ0n) is 19.2. The number of anilines is 1. The maximum atomic E-state index is 13.7. The Morgan fingerprint density at radius 3 is 2.19 bits per heavy atom. The molecular weight excluding hydrogens is 445 g/mol. The highest BCUT2D eigenvalue weighted by molar-refractivity contribution is 7.84. The lowest BCUT2D eigenvalue weighted by Gasteiger charge is -2.26. The summed E-state index contributed by atoms with van der Waals surface area (Å²) in [5, 5.41) is 0. The molecule has 10 heteroatoms. The van der Waals surface area contributed by atoms with Crippen LogP contribution < -0.4 is 9.62 Å². The van der Waals surface area contributed by atoms with E-state index in [4.69, 9.17) is 4.74 Å². The lowest BCUT2D eigenvalue weighted by Crippen LogP contribution is -2.47. The molecule has 6 nitrogen and oxygen atoms in total. The molecular formula is C22H29F3N2O4S. The molecule has 0 spiro atoms. The molecule has 2 atom stereocenters. The van der Waals surface area contributed by atoms with Crippen LogP contribution in [0.1, 0.15) is 60.5 Å². The fourth-order valence-electron chi connectivity index (χ4n) is 3.06. The number of para-hydroxylation sites is 1. The predicted molar refractivity (Wildman–Crippen MR) is 118 cm³/mol. The van der Waals surface area contributed by atoms with Crippen molar-refractivity contribution in [3.63, 3.8) is 0 Å². The van der Waals surface area contributed by atoms with Gasteiger partial charge in [0.1, 0.15) is 11.6 Å². The first kappa shape index (κ1) is 26.1. The monoisotopic (exact) mass is 474 g/mol. The molecule has 0 aliphatic carbocycles. The first-order valence-electron chi connectivity index (χ1n) is 10.0. The van der Waals surface area contributed by atoms with Crippen molar-refractivity contribution in [1.29, 1.82) is 0 Å². The van der Waals surface area contributed by atoms with Crippen LogP contribution in [-0.4, -0.2) is 38.8 Å². The van der Waals surface area contributed by atoms with Crippen LogP contribution in [0.3, 0.4) is 0 Å². The largest absolute Gasteiger partial charge is 0.443 e. The number of halogens is 3. The molecule has 1 heterocycles. The van der Waals surface area contributed by atoms with Crippen LogP contribution in [0.2, 0.25) is 0 Å². The van der Waals surface area contributed by atoms with Crippen LogP contribution in [0.15, 0.2) is 29.8 Å². The Balaban J connectivity index is 2.47. The number of fused-ring (bicyclic) bond motifs is 1. The third-order valence-electron chi connectivity index (χ3n) is 4.55. The zero-order valence-corrected chi connectivity index (χ0v) is 20.0. The molecule has 1 aliphatic heterocycles. The molecule has 2 amide bonds. The smallest absolute Gasteiger partial charge is 0.422 e. The van der Waals surface area contributed by atoms with Crippen LogP contribution >= 0.6 is 0 Å². The van der Waals surface area contributed by atoms with Crippen molar-refractivity contribution in [2.45, 2.75) is 77.5 Å². The summed E-state index contributed by atoms with van der Waals surface area (Å²) in [6.45, 7) is 11.0. The van der Waals surface area contributed by atoms with Crippen molar-refractivity contribution in [3.8, 4) is 0 Å². The van der Waals surface area contributed by atoms with Crippen LogP contribution in [0.5, 0.6) is 0 Å². The molecule has 1 aromatic carbocycles. The number of imide groups is 1. The zero-order chi connectivity index (χ0) is 24.6. The molecule has 0 fully saturated rings. The molecule has 0 saturated carbocycles. The molecule has 32 heavy (non-hydrogen) atoms. The van der Waals surface area contributed by atoms with Crippen molar-refractivity contribution < 1.29 is 31.7 Å². The summed E-state index contributed by atoms with van der Waals surface area (Å²) in [6, 6.07) is 4.22. The van der Waals surface area contributed by atoms with E-state index >= 15 is 0 Å². The summed E-state index contributed by atoms with van der Waals surface area (Å²) in [7, 11) is -1.97. The van der Waals surface area contributed by atoms with Gasteiger partial charge >= 0.3 is 12.3 Å². The van der Waals surface area contributed by atoms with Crippen LogP contribution in [0, 0.1) is 0 Å². The molecule has 0 aromatic heterocycles. The second kappa shape index (κ2) is 8.97. The molecule has 0 bridgehead atoms. The fourth-order valence-corrected chi connectivity index (χ4v) is 3.89. The number of nitrogens with zero attached hydrogens (tertiary/aromatic N) is 1. The van der Waals surface area contributed by atoms with Crippen molar-refractivity contribution in [1.82, 2.24) is 4.72 Å². The number of carbonyl (C=O) groups excluding carboxylic acids is 2. The average Bonchev–Trinajstić information content (AvgIpc) is 2.89. The summed E-state index contributed by atoms with van der Waals surface area (Å²) in [4.78, 5) is 26.7. The van der Waals surface area contributed by atoms with Gasteiger partial charge in [0, 0.05) is 11.1 Å². The number of alkyl halides is 3. The highest BCUT2D eigenvalue weighted by Crippen LogP contribution is 2.40. The Labute approximate surface area is 188 Å². The molecule has 2 rings (SSSR count). The predicted octanol–water partition coefficient (Wildman–Crippen LogP) is 5.11. The van der Waals surface area contributed by atoms with Crippen molar-refractivity contribution >= 4 is 34.2 Å². The maximum Gasteiger partial charge on any atom is 0.422 e. The van der Waals surface area contributed by atoms with Gasteiger partial charge in [-0.2, -0.15) is 13.2 Å². The minimum atomic E-state index is -4.70. The Morgan fingerprint density at radius 2 is 1.69 bits per heavy atom. The van der Waals surface area contributed by atoms with E-state index in [2.05, 4.69) is 4.72 Å². The fraction of sp³-hybridized carbons (Fsp3) is 0.545. The van der Waals surface area contributed by atoms with Gasteiger partial charge in [-0.15, -0.1) is 0 Å². The normalized spacial score (nSPS) is 18.3. The quantitative estimate of drug-likeness (QED) is 0.615. The minimum Gasteiger partial charge on any atom is -0.443 e. The number of hydrogen-bond donors (Lipinski definition) is 1. The van der Waals surface area contributed by atoms with Gasteiger partial charge < -0.3 is 4.74 Å². The van der Waals surface area contributed by atoms with Crippen molar-refractivity contribution in [2.24, 2.45) is 0 Å². The first-order valence-corrected chi connectivity index (χ1v) is 11.2. The third kappa shape index (κ3) is 5.98. The Kier molecular flexibility index (Phi) is 7.31. The molecule has 1 aromatic rings. The SMILES string of the molecule is C/C(C[C@H](NS(=O)C(C)(C)C)C(F)(F)F)=C1/C(=O)N(C(=O)OC(C)(C)C)c2ccccc21. The van der Waals surface area contributed by atoms with Gasteiger partial charge in [0.15, 0.2) is 0 Å². The Bertz CT molecular complexity index is 959. The van der Waals surface area contributed by atoms with E-state index in [0.717, 1.165) is 4.90 Å². The average molecular weight is 475 g/mol. The van der Waals surface area contributed by atoms with E-state index in [1.54, 1.807) is 59.7 Å². The molecule has 1 aliphatic rings. The Hall–Kier alpha value is -2.20. The summed E-state index contributed by atoms with van der Waals surface area (Å²) in [6.07, 6.45) is -6.21. The summed E-state index contributed by atoms with van der Waals surface area (Å²) < 4.78 is 60.0. The number of hydrogen-bond acceptors (Lipinski definition) is 4. The van der Waals surface area contributed by atoms with E-state index in [-0.39, 0.29) is 16.8 Å². The van der Waals surface area contributed by atoms with Gasteiger partial charge in [-0.05, 0) is 61.0 Å².